The number of thiazole rings is 1. The van der Waals surface area contributed by atoms with Crippen molar-refractivity contribution in [3.63, 3.8) is 0 Å². The number of hydrogen-bond acceptors (Lipinski definition) is 4. The zero-order valence-corrected chi connectivity index (χ0v) is 10.6. The van der Waals surface area contributed by atoms with Crippen molar-refractivity contribution in [2.24, 2.45) is 5.92 Å². The van der Waals surface area contributed by atoms with Gasteiger partial charge in [0.05, 0.1) is 11.6 Å². The minimum Gasteiger partial charge on any atom is -0.383 e. The molecule has 0 radical (unpaired) electrons. The molecule has 1 rings (SSSR count). The average Bonchev–Trinajstić information content (AvgIpc) is 2.59. The minimum atomic E-state index is 0.632. The number of nitrogens with one attached hydrogen (secondary N) is 1. The quantitative estimate of drug-likeness (QED) is 0.723. The summed E-state index contributed by atoms with van der Waals surface area (Å²) in [6.45, 7) is 7.03. The molecule has 0 saturated heterocycles. The van der Waals surface area contributed by atoms with E-state index in [4.69, 9.17) is 4.74 Å². The van der Waals surface area contributed by atoms with E-state index in [0.717, 1.165) is 31.8 Å². The fourth-order valence-corrected chi connectivity index (χ4v) is 2.33. The van der Waals surface area contributed by atoms with Crippen molar-refractivity contribution in [1.82, 2.24) is 10.3 Å². The summed E-state index contributed by atoms with van der Waals surface area (Å²) in [6, 6.07) is 0. The summed E-state index contributed by atoms with van der Waals surface area (Å²) in [4.78, 5) is 4.46. The molecule has 0 aliphatic carbocycles. The molecule has 0 aliphatic heterocycles. The molecule has 0 aliphatic rings. The normalized spacial score (nSPS) is 13.0. The lowest BCUT2D eigenvalue weighted by atomic mass is 10.1. The van der Waals surface area contributed by atoms with Gasteiger partial charge in [0.2, 0.25) is 0 Å². The standard InChI is InChI=1S/C11H20N2OS/c1-9(7-12-4-5-14-3)6-11-13-10(2)8-15-11/h8-9,12H,4-7H2,1-3H3. The van der Waals surface area contributed by atoms with Gasteiger partial charge < -0.3 is 10.1 Å². The van der Waals surface area contributed by atoms with Crippen LogP contribution in [0.25, 0.3) is 0 Å². The van der Waals surface area contributed by atoms with Crippen LogP contribution in [-0.2, 0) is 11.2 Å². The molecule has 1 aromatic rings. The van der Waals surface area contributed by atoms with Crippen molar-refractivity contribution >= 4 is 11.3 Å². The molecule has 1 N–H and O–H groups in total. The molecular weight excluding hydrogens is 208 g/mol. The van der Waals surface area contributed by atoms with Crippen LogP contribution in [0.1, 0.15) is 17.6 Å². The second kappa shape index (κ2) is 6.93. The lowest BCUT2D eigenvalue weighted by Gasteiger charge is -2.10. The number of nitrogens with zero attached hydrogens (tertiary/aromatic N) is 1. The Hall–Kier alpha value is -0.450. The molecule has 0 aromatic carbocycles. The van der Waals surface area contributed by atoms with E-state index in [1.165, 1.54) is 5.01 Å². The average molecular weight is 228 g/mol. The first kappa shape index (κ1) is 12.6. The summed E-state index contributed by atoms with van der Waals surface area (Å²) in [7, 11) is 1.73. The van der Waals surface area contributed by atoms with Crippen molar-refractivity contribution in [1.29, 1.82) is 0 Å². The smallest absolute Gasteiger partial charge is 0.0931 e. The number of hydrogen-bond donors (Lipinski definition) is 1. The van der Waals surface area contributed by atoms with Crippen LogP contribution in [0.5, 0.6) is 0 Å². The number of methoxy groups -OCH3 is 1. The Morgan fingerprint density at radius 3 is 3.00 bits per heavy atom. The molecule has 0 bridgehead atoms. The lowest BCUT2D eigenvalue weighted by Crippen LogP contribution is -2.25. The first-order chi connectivity index (χ1) is 7.22. The van der Waals surface area contributed by atoms with Crippen LogP contribution in [0.15, 0.2) is 5.38 Å². The fourth-order valence-electron chi connectivity index (χ4n) is 1.39. The van der Waals surface area contributed by atoms with Crippen molar-refractivity contribution in [3.05, 3.63) is 16.1 Å². The molecule has 4 heteroatoms. The van der Waals surface area contributed by atoms with Crippen LogP contribution in [0.4, 0.5) is 0 Å². The molecule has 0 amide bonds. The van der Waals surface area contributed by atoms with Crippen LogP contribution in [-0.4, -0.2) is 31.8 Å². The Balaban J connectivity index is 2.15. The Morgan fingerprint density at radius 1 is 1.60 bits per heavy atom. The maximum absolute atomic E-state index is 4.97. The lowest BCUT2D eigenvalue weighted by molar-refractivity contribution is 0.198. The summed E-state index contributed by atoms with van der Waals surface area (Å²) in [6.07, 6.45) is 1.07. The molecule has 1 heterocycles. The summed E-state index contributed by atoms with van der Waals surface area (Å²) in [5, 5.41) is 6.72. The number of rotatable bonds is 7. The number of aryl methyl sites for hydroxylation is 1. The van der Waals surface area contributed by atoms with E-state index < -0.39 is 0 Å². The van der Waals surface area contributed by atoms with Gasteiger partial charge >= 0.3 is 0 Å². The summed E-state index contributed by atoms with van der Waals surface area (Å²) in [5.74, 6) is 0.632. The first-order valence-electron chi connectivity index (χ1n) is 5.33. The van der Waals surface area contributed by atoms with Crippen molar-refractivity contribution in [2.75, 3.05) is 26.8 Å². The highest BCUT2D eigenvalue weighted by Gasteiger charge is 2.05. The third kappa shape index (κ3) is 5.25. The number of ether oxygens (including phenoxy) is 1. The highest BCUT2D eigenvalue weighted by molar-refractivity contribution is 7.09. The van der Waals surface area contributed by atoms with Crippen molar-refractivity contribution in [2.45, 2.75) is 20.3 Å². The van der Waals surface area contributed by atoms with E-state index >= 15 is 0 Å². The van der Waals surface area contributed by atoms with Gasteiger partial charge in [0.15, 0.2) is 0 Å². The fraction of sp³-hybridized carbons (Fsp3) is 0.727. The topological polar surface area (TPSA) is 34.1 Å². The van der Waals surface area contributed by atoms with Gasteiger partial charge in [-0.2, -0.15) is 0 Å². The van der Waals surface area contributed by atoms with E-state index in [-0.39, 0.29) is 0 Å². The summed E-state index contributed by atoms with van der Waals surface area (Å²) in [5.41, 5.74) is 1.13. The Labute approximate surface area is 95.9 Å². The Bertz CT molecular complexity index is 275. The van der Waals surface area contributed by atoms with Crippen LogP contribution in [0.3, 0.4) is 0 Å². The Morgan fingerprint density at radius 2 is 2.40 bits per heavy atom. The van der Waals surface area contributed by atoms with E-state index in [1.807, 2.05) is 6.92 Å². The zero-order chi connectivity index (χ0) is 11.1. The van der Waals surface area contributed by atoms with E-state index in [1.54, 1.807) is 18.4 Å². The largest absolute Gasteiger partial charge is 0.383 e. The van der Waals surface area contributed by atoms with Gasteiger partial charge in [-0.15, -0.1) is 11.3 Å². The molecular formula is C11H20N2OS. The van der Waals surface area contributed by atoms with Crippen molar-refractivity contribution in [3.8, 4) is 0 Å². The highest BCUT2D eigenvalue weighted by atomic mass is 32.1. The van der Waals surface area contributed by atoms with Crippen molar-refractivity contribution < 1.29 is 4.74 Å². The molecule has 0 fully saturated rings. The second-order valence-electron chi connectivity index (χ2n) is 3.89. The molecule has 86 valence electrons. The Kier molecular flexibility index (Phi) is 5.83. The second-order valence-corrected chi connectivity index (χ2v) is 4.83. The van der Waals surface area contributed by atoms with Gasteiger partial charge in [0, 0.05) is 31.1 Å². The third-order valence-electron chi connectivity index (χ3n) is 2.17. The molecule has 15 heavy (non-hydrogen) atoms. The van der Waals surface area contributed by atoms with Crippen LogP contribution >= 0.6 is 11.3 Å². The van der Waals surface area contributed by atoms with E-state index in [9.17, 15) is 0 Å². The predicted molar refractivity (Wildman–Crippen MR) is 64.5 cm³/mol. The minimum absolute atomic E-state index is 0.632. The van der Waals surface area contributed by atoms with Crippen LogP contribution in [0.2, 0.25) is 0 Å². The van der Waals surface area contributed by atoms with Gasteiger partial charge in [0.25, 0.3) is 0 Å². The third-order valence-corrected chi connectivity index (χ3v) is 3.15. The molecule has 0 saturated carbocycles. The van der Waals surface area contributed by atoms with E-state index in [2.05, 4.69) is 22.6 Å². The molecule has 3 nitrogen and oxygen atoms in total. The van der Waals surface area contributed by atoms with E-state index in [0.29, 0.717) is 5.92 Å². The van der Waals surface area contributed by atoms with Gasteiger partial charge in [-0.3, -0.25) is 0 Å². The SMILES string of the molecule is COCCNCC(C)Cc1nc(C)cs1. The van der Waals surface area contributed by atoms with Gasteiger partial charge in [0.1, 0.15) is 0 Å². The van der Waals surface area contributed by atoms with Crippen LogP contribution < -0.4 is 5.32 Å². The molecule has 0 spiro atoms. The van der Waals surface area contributed by atoms with Gasteiger partial charge in [-0.05, 0) is 19.4 Å². The van der Waals surface area contributed by atoms with Crippen LogP contribution in [0, 0.1) is 12.8 Å². The highest BCUT2D eigenvalue weighted by Crippen LogP contribution is 2.13. The summed E-state index contributed by atoms with van der Waals surface area (Å²) >= 11 is 1.76. The monoisotopic (exact) mass is 228 g/mol. The van der Waals surface area contributed by atoms with Gasteiger partial charge in [-0.25, -0.2) is 4.98 Å². The maximum Gasteiger partial charge on any atom is 0.0931 e. The molecule has 1 unspecified atom stereocenters. The maximum atomic E-state index is 4.97. The number of aromatic nitrogens is 1. The predicted octanol–water partition coefficient (Wildman–Crippen LogP) is 1.87. The summed E-state index contributed by atoms with van der Waals surface area (Å²) < 4.78 is 4.97. The molecule has 1 aromatic heterocycles. The molecule has 1 atom stereocenters. The van der Waals surface area contributed by atoms with Gasteiger partial charge in [-0.1, -0.05) is 6.92 Å². The zero-order valence-electron chi connectivity index (χ0n) is 9.75. The first-order valence-corrected chi connectivity index (χ1v) is 6.21.